The summed E-state index contributed by atoms with van der Waals surface area (Å²) in [7, 11) is 0. The second-order valence-electron chi connectivity index (χ2n) is 12.9. The van der Waals surface area contributed by atoms with Crippen LogP contribution >= 0.6 is 0 Å². The number of rotatable bonds is 4. The molecule has 0 aromatic carbocycles. The molecule has 3 heterocycles. The largest absolute Gasteiger partial charge is 0.508 e. The molecule has 3 saturated carbocycles. The number of allylic oxidation sites excluding steroid dienone is 4. The van der Waals surface area contributed by atoms with Crippen molar-refractivity contribution >= 4 is 6.03 Å². The number of aliphatic hydroxyl groups excluding tert-OH is 1. The number of fused-ring (bicyclic) bond motifs is 1. The van der Waals surface area contributed by atoms with E-state index in [4.69, 9.17) is 0 Å². The number of hydrogen-bond acceptors (Lipinski definition) is 3. The van der Waals surface area contributed by atoms with Crippen LogP contribution in [0.2, 0.25) is 0 Å². The number of nitrogens with zero attached hydrogens (tertiary/aromatic N) is 3. The van der Waals surface area contributed by atoms with Gasteiger partial charge in [0.25, 0.3) is 0 Å². The molecule has 6 fully saturated rings. The highest BCUT2D eigenvalue weighted by Gasteiger charge is 2.72. The number of amides is 2. The van der Waals surface area contributed by atoms with Gasteiger partial charge in [0.1, 0.15) is 5.76 Å². The Balaban J connectivity index is 1.28. The molecule has 6 atom stereocenters. The van der Waals surface area contributed by atoms with Gasteiger partial charge in [-0.3, -0.25) is 4.90 Å². The van der Waals surface area contributed by atoms with Crippen molar-refractivity contribution in [3.63, 3.8) is 0 Å². The number of aliphatic hydroxyl groups is 1. The minimum Gasteiger partial charge on any atom is -0.508 e. The molecule has 190 valence electrons. The van der Waals surface area contributed by atoms with E-state index in [0.29, 0.717) is 41.1 Å². The first-order valence-corrected chi connectivity index (χ1v) is 14.6. The van der Waals surface area contributed by atoms with Crippen molar-refractivity contribution in [1.82, 2.24) is 14.7 Å². The lowest BCUT2D eigenvalue weighted by atomic mass is 9.48. The van der Waals surface area contributed by atoms with Crippen molar-refractivity contribution in [2.24, 2.45) is 28.6 Å². The molecule has 0 aromatic heterocycles. The standard InChI is InChI=1S/C30H43N3O2/c1-2-5-25(34)16-23-8-9-27-29-11-10-24-17-26(30(23,29)12-15-32(27)19-21-6-7-21)22(18-29)20-33(24)28(35)31-13-3-4-14-31/h2,5,8,16,21-22,24,26-27,34H,3-4,6-7,9-15,17-20H2,1H3/b5-2-,25-16+/t22-,24?,26?,27?,29?,30?/m1/s1. The summed E-state index contributed by atoms with van der Waals surface area (Å²) in [6.07, 6.45) is 20.8. The third-order valence-electron chi connectivity index (χ3n) is 11.4. The van der Waals surface area contributed by atoms with E-state index in [9.17, 15) is 9.90 Å². The van der Waals surface area contributed by atoms with Crippen LogP contribution < -0.4 is 0 Å². The lowest BCUT2D eigenvalue weighted by Gasteiger charge is -2.62. The van der Waals surface area contributed by atoms with Crippen LogP contribution in [0.3, 0.4) is 0 Å². The van der Waals surface area contributed by atoms with Gasteiger partial charge in [-0.25, -0.2) is 4.79 Å². The van der Waals surface area contributed by atoms with Crippen LogP contribution in [0, 0.1) is 28.6 Å². The lowest BCUT2D eigenvalue weighted by Crippen LogP contribution is -2.63. The van der Waals surface area contributed by atoms with Gasteiger partial charge in [0.2, 0.25) is 0 Å². The molecule has 3 saturated heterocycles. The van der Waals surface area contributed by atoms with Crippen LogP contribution in [-0.2, 0) is 0 Å². The molecule has 0 spiro atoms. The fourth-order valence-corrected chi connectivity index (χ4v) is 10.0. The molecular weight excluding hydrogens is 434 g/mol. The highest BCUT2D eigenvalue weighted by atomic mass is 16.3. The summed E-state index contributed by atoms with van der Waals surface area (Å²) in [6.45, 7) is 7.34. The Bertz CT molecular complexity index is 976. The third kappa shape index (κ3) is 3.19. The molecule has 0 aromatic rings. The third-order valence-corrected chi connectivity index (χ3v) is 11.4. The topological polar surface area (TPSA) is 47.0 Å². The summed E-state index contributed by atoms with van der Waals surface area (Å²) in [5, 5.41) is 10.8. The summed E-state index contributed by atoms with van der Waals surface area (Å²) in [5.74, 6) is 2.57. The Morgan fingerprint density at radius 1 is 1.17 bits per heavy atom. The first-order valence-electron chi connectivity index (χ1n) is 14.6. The molecule has 4 aliphatic carbocycles. The Kier molecular flexibility index (Phi) is 5.21. The van der Waals surface area contributed by atoms with Gasteiger partial charge in [-0.2, -0.15) is 0 Å². The van der Waals surface area contributed by atoms with Gasteiger partial charge in [-0.1, -0.05) is 12.2 Å². The van der Waals surface area contributed by atoms with Gasteiger partial charge in [0.15, 0.2) is 0 Å². The average molecular weight is 478 g/mol. The molecule has 7 rings (SSSR count). The predicted octanol–water partition coefficient (Wildman–Crippen LogP) is 5.51. The van der Waals surface area contributed by atoms with E-state index >= 15 is 0 Å². The molecule has 5 unspecified atom stereocenters. The maximum atomic E-state index is 13.6. The zero-order chi connectivity index (χ0) is 23.8. The second-order valence-corrected chi connectivity index (χ2v) is 12.9. The van der Waals surface area contributed by atoms with Crippen molar-refractivity contribution in [3.05, 3.63) is 35.6 Å². The van der Waals surface area contributed by atoms with E-state index in [2.05, 4.69) is 26.9 Å². The number of likely N-dealkylation sites (tertiary alicyclic amines) is 3. The number of urea groups is 1. The van der Waals surface area contributed by atoms with Crippen LogP contribution in [-0.4, -0.2) is 70.6 Å². The SMILES string of the molecule is C/C=C\C(O)=C/C1=CCC2N(CC3CC3)CCC13C1CC4CCC23C[C@@H]1CN4C(=O)N1CCCC1. The van der Waals surface area contributed by atoms with E-state index in [1.165, 1.54) is 50.8 Å². The summed E-state index contributed by atoms with van der Waals surface area (Å²) in [6, 6.07) is 1.37. The molecule has 3 aliphatic heterocycles. The van der Waals surface area contributed by atoms with E-state index in [1.807, 2.05) is 19.1 Å². The van der Waals surface area contributed by atoms with Crippen LogP contribution in [0.1, 0.15) is 71.1 Å². The maximum absolute atomic E-state index is 13.6. The van der Waals surface area contributed by atoms with Gasteiger partial charge in [-0.05, 0) is 119 Å². The van der Waals surface area contributed by atoms with Crippen molar-refractivity contribution < 1.29 is 9.90 Å². The van der Waals surface area contributed by atoms with E-state index in [-0.39, 0.29) is 5.41 Å². The normalized spacial score (nSPS) is 43.0. The molecule has 7 aliphatic rings. The van der Waals surface area contributed by atoms with Crippen molar-refractivity contribution in [2.45, 2.75) is 83.2 Å². The molecule has 35 heavy (non-hydrogen) atoms. The van der Waals surface area contributed by atoms with Crippen LogP contribution in [0.25, 0.3) is 0 Å². The zero-order valence-electron chi connectivity index (χ0n) is 21.5. The maximum Gasteiger partial charge on any atom is 0.320 e. The summed E-state index contributed by atoms with van der Waals surface area (Å²) in [4.78, 5) is 20.9. The van der Waals surface area contributed by atoms with E-state index in [1.54, 1.807) is 0 Å². The highest BCUT2D eigenvalue weighted by molar-refractivity contribution is 5.75. The first kappa shape index (κ1) is 22.4. The lowest BCUT2D eigenvalue weighted by molar-refractivity contribution is -0.0868. The Morgan fingerprint density at radius 3 is 2.77 bits per heavy atom. The molecular formula is C30H43N3O2. The van der Waals surface area contributed by atoms with Crippen LogP contribution in [0.15, 0.2) is 35.6 Å². The highest BCUT2D eigenvalue weighted by Crippen LogP contribution is 2.75. The van der Waals surface area contributed by atoms with Crippen molar-refractivity contribution in [3.8, 4) is 0 Å². The Hall–Kier alpha value is -1.75. The molecule has 5 nitrogen and oxygen atoms in total. The average Bonchev–Trinajstić information content (AvgIpc) is 3.40. The van der Waals surface area contributed by atoms with Gasteiger partial charge in [0.05, 0.1) is 0 Å². The van der Waals surface area contributed by atoms with Crippen molar-refractivity contribution in [2.75, 3.05) is 32.7 Å². The molecule has 2 amide bonds. The van der Waals surface area contributed by atoms with E-state index in [0.717, 1.165) is 57.7 Å². The fraction of sp³-hybridized carbons (Fsp3) is 0.767. The van der Waals surface area contributed by atoms with Gasteiger partial charge >= 0.3 is 6.03 Å². The minimum atomic E-state index is 0.174. The number of hydrogen-bond donors (Lipinski definition) is 1. The van der Waals surface area contributed by atoms with E-state index < -0.39 is 0 Å². The Morgan fingerprint density at radius 2 is 2.00 bits per heavy atom. The first-order chi connectivity index (χ1) is 17.1. The van der Waals surface area contributed by atoms with Crippen LogP contribution in [0.4, 0.5) is 4.79 Å². The summed E-state index contributed by atoms with van der Waals surface area (Å²) in [5.41, 5.74) is 1.92. The number of carbonyl (C=O) groups is 1. The fourth-order valence-electron chi connectivity index (χ4n) is 10.0. The monoisotopic (exact) mass is 477 g/mol. The van der Waals surface area contributed by atoms with Gasteiger partial charge in [0, 0.05) is 43.7 Å². The quantitative estimate of drug-likeness (QED) is 0.429. The Labute approximate surface area is 210 Å². The molecule has 5 bridgehead atoms. The summed E-state index contributed by atoms with van der Waals surface area (Å²) >= 11 is 0. The van der Waals surface area contributed by atoms with Crippen LogP contribution in [0.5, 0.6) is 0 Å². The smallest absolute Gasteiger partial charge is 0.320 e. The predicted molar refractivity (Wildman–Crippen MR) is 138 cm³/mol. The molecule has 5 heteroatoms. The number of carbonyl (C=O) groups excluding carboxylic acids is 1. The summed E-state index contributed by atoms with van der Waals surface area (Å²) < 4.78 is 0. The number of piperidine rings is 2. The van der Waals surface area contributed by atoms with Gasteiger partial charge in [-0.15, -0.1) is 0 Å². The minimum absolute atomic E-state index is 0.174. The zero-order valence-corrected chi connectivity index (χ0v) is 21.5. The van der Waals surface area contributed by atoms with Crippen molar-refractivity contribution in [1.29, 1.82) is 0 Å². The second kappa shape index (κ2) is 8.13. The van der Waals surface area contributed by atoms with Gasteiger partial charge < -0.3 is 14.9 Å². The molecule has 0 radical (unpaired) electrons. The molecule has 1 N–H and O–H groups in total.